The average molecular weight is 340 g/mol. The summed E-state index contributed by atoms with van der Waals surface area (Å²) in [5.41, 5.74) is 3.47. The van der Waals surface area contributed by atoms with E-state index in [2.05, 4.69) is 70.3 Å². The zero-order chi connectivity index (χ0) is 18.4. The molecule has 2 aromatic rings. The van der Waals surface area contributed by atoms with Gasteiger partial charge in [-0.05, 0) is 43.4 Å². The third-order valence-corrected chi connectivity index (χ3v) is 5.01. The van der Waals surface area contributed by atoms with Gasteiger partial charge in [0.1, 0.15) is 5.75 Å². The van der Waals surface area contributed by atoms with E-state index in [9.17, 15) is 5.11 Å². The molecule has 2 aromatic carbocycles. The predicted octanol–water partition coefficient (Wildman–Crippen LogP) is 5.49. The van der Waals surface area contributed by atoms with Crippen LogP contribution in [0.25, 0.3) is 0 Å². The van der Waals surface area contributed by atoms with Gasteiger partial charge in [-0.1, -0.05) is 75.7 Å². The molecule has 0 saturated carbocycles. The average Bonchev–Trinajstić information content (AvgIpc) is 2.57. The van der Waals surface area contributed by atoms with Crippen molar-refractivity contribution in [2.75, 3.05) is 6.54 Å². The zero-order valence-electron chi connectivity index (χ0n) is 16.3. The highest BCUT2D eigenvalue weighted by molar-refractivity contribution is 5.43. The molecule has 0 radical (unpaired) electrons. The van der Waals surface area contributed by atoms with Crippen LogP contribution in [0, 0.1) is 18.8 Å². The standard InChI is InChI=1S/C23H33NO/c1-16(2)23(17(3)4)24-14-13-20(19-9-7-6-8-10-19)21-15-18(5)11-12-22(21)25/h6-12,15-17,20,23-25H,13-14H2,1-5H3/t20-/m1/s1. The van der Waals surface area contributed by atoms with Crippen LogP contribution in [0.5, 0.6) is 5.75 Å². The lowest BCUT2D eigenvalue weighted by molar-refractivity contribution is 0.312. The Bertz CT molecular complexity index is 640. The van der Waals surface area contributed by atoms with Crippen molar-refractivity contribution in [3.63, 3.8) is 0 Å². The van der Waals surface area contributed by atoms with E-state index in [0.717, 1.165) is 18.5 Å². The van der Waals surface area contributed by atoms with Crippen LogP contribution in [0.1, 0.15) is 56.7 Å². The summed E-state index contributed by atoms with van der Waals surface area (Å²) in [7, 11) is 0. The zero-order valence-corrected chi connectivity index (χ0v) is 16.3. The van der Waals surface area contributed by atoms with E-state index in [-0.39, 0.29) is 5.92 Å². The van der Waals surface area contributed by atoms with E-state index < -0.39 is 0 Å². The summed E-state index contributed by atoms with van der Waals surface area (Å²) in [6, 6.07) is 16.9. The van der Waals surface area contributed by atoms with Crippen LogP contribution in [0.2, 0.25) is 0 Å². The van der Waals surface area contributed by atoms with Crippen molar-refractivity contribution >= 4 is 0 Å². The topological polar surface area (TPSA) is 32.3 Å². The largest absolute Gasteiger partial charge is 0.508 e. The molecule has 25 heavy (non-hydrogen) atoms. The van der Waals surface area contributed by atoms with Crippen LogP contribution >= 0.6 is 0 Å². The second-order valence-corrected chi connectivity index (χ2v) is 7.78. The maximum Gasteiger partial charge on any atom is 0.119 e. The summed E-state index contributed by atoms with van der Waals surface area (Å²) in [4.78, 5) is 0. The molecule has 0 heterocycles. The summed E-state index contributed by atoms with van der Waals surface area (Å²) in [6.07, 6.45) is 0.969. The van der Waals surface area contributed by atoms with Crippen molar-refractivity contribution in [2.24, 2.45) is 11.8 Å². The Morgan fingerprint density at radius 3 is 2.16 bits per heavy atom. The first-order chi connectivity index (χ1) is 11.9. The lowest BCUT2D eigenvalue weighted by Crippen LogP contribution is -2.39. The number of hydrogen-bond donors (Lipinski definition) is 2. The van der Waals surface area contributed by atoms with Gasteiger partial charge in [0.25, 0.3) is 0 Å². The number of hydrogen-bond acceptors (Lipinski definition) is 2. The first-order valence-electron chi connectivity index (χ1n) is 9.48. The summed E-state index contributed by atoms with van der Waals surface area (Å²) in [5.74, 6) is 1.82. The van der Waals surface area contributed by atoms with Crippen molar-refractivity contribution in [1.82, 2.24) is 5.32 Å². The smallest absolute Gasteiger partial charge is 0.119 e. The van der Waals surface area contributed by atoms with Crippen LogP contribution in [-0.2, 0) is 0 Å². The highest BCUT2D eigenvalue weighted by Crippen LogP contribution is 2.34. The monoisotopic (exact) mass is 339 g/mol. The van der Waals surface area contributed by atoms with Gasteiger partial charge in [-0.2, -0.15) is 0 Å². The van der Waals surface area contributed by atoms with E-state index in [1.54, 1.807) is 0 Å². The van der Waals surface area contributed by atoms with Crippen LogP contribution in [0.3, 0.4) is 0 Å². The van der Waals surface area contributed by atoms with Gasteiger partial charge in [0, 0.05) is 17.5 Å². The Kier molecular flexibility index (Phi) is 7.07. The second-order valence-electron chi connectivity index (χ2n) is 7.78. The van der Waals surface area contributed by atoms with Gasteiger partial charge >= 0.3 is 0 Å². The molecule has 0 aromatic heterocycles. The molecular weight excluding hydrogens is 306 g/mol. The molecule has 0 aliphatic heterocycles. The van der Waals surface area contributed by atoms with Crippen LogP contribution in [0.15, 0.2) is 48.5 Å². The lowest BCUT2D eigenvalue weighted by Gasteiger charge is -2.28. The molecule has 2 nitrogen and oxygen atoms in total. The normalized spacial score (nSPS) is 13.0. The van der Waals surface area contributed by atoms with E-state index in [1.165, 1.54) is 11.1 Å². The highest BCUT2D eigenvalue weighted by atomic mass is 16.3. The molecule has 0 aliphatic carbocycles. The number of aryl methyl sites for hydroxylation is 1. The molecule has 0 fully saturated rings. The molecule has 0 spiro atoms. The molecule has 1 atom stereocenters. The van der Waals surface area contributed by atoms with E-state index >= 15 is 0 Å². The molecule has 0 aliphatic rings. The fourth-order valence-corrected chi connectivity index (χ4v) is 3.78. The molecule has 136 valence electrons. The van der Waals surface area contributed by atoms with Crippen molar-refractivity contribution in [3.8, 4) is 5.75 Å². The number of rotatable bonds is 8. The number of phenolic OH excluding ortho intramolecular Hbond substituents is 1. The number of phenols is 1. The SMILES string of the molecule is Cc1ccc(O)c([C@H](CCNC(C(C)C)C(C)C)c2ccccc2)c1. The molecule has 0 bridgehead atoms. The van der Waals surface area contributed by atoms with Gasteiger partial charge in [-0.25, -0.2) is 0 Å². The van der Waals surface area contributed by atoms with Gasteiger partial charge in [-0.15, -0.1) is 0 Å². The Labute approximate surface area is 153 Å². The minimum absolute atomic E-state index is 0.202. The Hall–Kier alpha value is -1.80. The summed E-state index contributed by atoms with van der Waals surface area (Å²) in [5, 5.41) is 14.2. The minimum Gasteiger partial charge on any atom is -0.508 e. The Morgan fingerprint density at radius 2 is 1.56 bits per heavy atom. The van der Waals surface area contributed by atoms with E-state index in [1.807, 2.05) is 18.2 Å². The minimum atomic E-state index is 0.202. The third kappa shape index (κ3) is 5.34. The van der Waals surface area contributed by atoms with Gasteiger partial charge in [0.15, 0.2) is 0 Å². The fourth-order valence-electron chi connectivity index (χ4n) is 3.78. The van der Waals surface area contributed by atoms with E-state index in [0.29, 0.717) is 23.6 Å². The first kappa shape index (κ1) is 19.5. The predicted molar refractivity (Wildman–Crippen MR) is 107 cm³/mol. The second kappa shape index (κ2) is 9.05. The molecule has 2 rings (SSSR count). The number of nitrogens with one attached hydrogen (secondary N) is 1. The number of aromatic hydroxyl groups is 1. The van der Waals surface area contributed by atoms with Crippen LogP contribution in [0.4, 0.5) is 0 Å². The molecule has 0 unspecified atom stereocenters. The first-order valence-corrected chi connectivity index (χ1v) is 9.48. The van der Waals surface area contributed by atoms with E-state index in [4.69, 9.17) is 0 Å². The maximum absolute atomic E-state index is 10.4. The fraction of sp³-hybridized carbons (Fsp3) is 0.478. The summed E-state index contributed by atoms with van der Waals surface area (Å²) >= 11 is 0. The van der Waals surface area contributed by atoms with Gasteiger partial charge in [-0.3, -0.25) is 0 Å². The quantitative estimate of drug-likeness (QED) is 0.666. The molecule has 0 saturated heterocycles. The maximum atomic E-state index is 10.4. The molecule has 0 amide bonds. The summed E-state index contributed by atoms with van der Waals surface area (Å²) in [6.45, 7) is 12.1. The number of benzene rings is 2. The highest BCUT2D eigenvalue weighted by Gasteiger charge is 2.20. The summed E-state index contributed by atoms with van der Waals surface area (Å²) < 4.78 is 0. The molecular formula is C23H33NO. The van der Waals surface area contributed by atoms with Crippen LogP contribution in [-0.4, -0.2) is 17.7 Å². The van der Waals surface area contributed by atoms with Gasteiger partial charge < -0.3 is 10.4 Å². The van der Waals surface area contributed by atoms with Crippen molar-refractivity contribution in [3.05, 3.63) is 65.2 Å². The third-order valence-electron chi connectivity index (χ3n) is 5.01. The van der Waals surface area contributed by atoms with Crippen molar-refractivity contribution in [2.45, 2.75) is 53.0 Å². The molecule has 2 N–H and O–H groups in total. The van der Waals surface area contributed by atoms with Gasteiger partial charge in [0.05, 0.1) is 0 Å². The van der Waals surface area contributed by atoms with Crippen LogP contribution < -0.4 is 5.32 Å². The molecule has 2 heteroatoms. The Balaban J connectivity index is 2.20. The van der Waals surface area contributed by atoms with Crippen molar-refractivity contribution in [1.29, 1.82) is 0 Å². The van der Waals surface area contributed by atoms with Crippen molar-refractivity contribution < 1.29 is 5.11 Å². The lowest BCUT2D eigenvalue weighted by atomic mass is 9.86. The Morgan fingerprint density at radius 1 is 0.920 bits per heavy atom. The van der Waals surface area contributed by atoms with Gasteiger partial charge in [0.2, 0.25) is 0 Å².